The topological polar surface area (TPSA) is 21.3 Å². The van der Waals surface area contributed by atoms with Crippen LogP contribution in [-0.2, 0) is 4.74 Å². The Morgan fingerprint density at radius 1 is 1.38 bits per heavy atom. The van der Waals surface area contributed by atoms with E-state index in [0.29, 0.717) is 5.41 Å². The van der Waals surface area contributed by atoms with Gasteiger partial charge in [0.2, 0.25) is 0 Å². The van der Waals surface area contributed by atoms with Gasteiger partial charge in [-0.3, -0.25) is 0 Å². The third kappa shape index (κ3) is 2.04. The number of nitrogens with one attached hydrogen (secondary N) is 1. The van der Waals surface area contributed by atoms with Crippen LogP contribution in [0.4, 0.5) is 0 Å². The maximum Gasteiger partial charge on any atom is 0.104 e. The summed E-state index contributed by atoms with van der Waals surface area (Å²) in [4.78, 5) is 1.36. The molecule has 1 aliphatic heterocycles. The third-order valence-corrected chi connectivity index (χ3v) is 4.91. The van der Waals surface area contributed by atoms with E-state index in [1.54, 1.807) is 11.3 Å². The molecule has 2 aliphatic rings. The van der Waals surface area contributed by atoms with Crippen molar-refractivity contribution in [3.05, 3.63) is 22.4 Å². The predicted octanol–water partition coefficient (Wildman–Crippen LogP) is 2.97. The standard InChI is InChI=1S/C13H19NOS/c1-2-6-13(5-1)9-14-8-11(15-10-13)12-4-3-7-16-12/h3-4,7,11,14H,1-2,5-6,8-10H2. The zero-order chi connectivity index (χ0) is 10.8. The number of hydrogen-bond acceptors (Lipinski definition) is 3. The Morgan fingerprint density at radius 2 is 2.25 bits per heavy atom. The fraction of sp³-hybridized carbons (Fsp3) is 0.692. The molecule has 0 bridgehead atoms. The van der Waals surface area contributed by atoms with Crippen LogP contribution in [0.3, 0.4) is 0 Å². The molecule has 1 N–H and O–H groups in total. The van der Waals surface area contributed by atoms with Crippen molar-refractivity contribution in [2.75, 3.05) is 19.7 Å². The van der Waals surface area contributed by atoms with Crippen LogP contribution in [0.1, 0.15) is 36.7 Å². The van der Waals surface area contributed by atoms with Crippen molar-refractivity contribution in [2.24, 2.45) is 5.41 Å². The quantitative estimate of drug-likeness (QED) is 0.811. The molecule has 88 valence electrons. The largest absolute Gasteiger partial charge is 0.371 e. The minimum absolute atomic E-state index is 0.278. The minimum Gasteiger partial charge on any atom is -0.371 e. The van der Waals surface area contributed by atoms with Crippen molar-refractivity contribution in [2.45, 2.75) is 31.8 Å². The van der Waals surface area contributed by atoms with Crippen LogP contribution in [-0.4, -0.2) is 19.7 Å². The monoisotopic (exact) mass is 237 g/mol. The zero-order valence-electron chi connectivity index (χ0n) is 9.58. The van der Waals surface area contributed by atoms with Gasteiger partial charge >= 0.3 is 0 Å². The van der Waals surface area contributed by atoms with Crippen LogP contribution in [0.2, 0.25) is 0 Å². The van der Waals surface area contributed by atoms with Gasteiger partial charge in [-0.05, 0) is 24.3 Å². The van der Waals surface area contributed by atoms with E-state index in [-0.39, 0.29) is 6.10 Å². The Morgan fingerprint density at radius 3 is 3.00 bits per heavy atom. The van der Waals surface area contributed by atoms with Gasteiger partial charge in [-0.25, -0.2) is 0 Å². The van der Waals surface area contributed by atoms with Crippen molar-refractivity contribution < 1.29 is 4.74 Å². The highest BCUT2D eigenvalue weighted by Gasteiger charge is 2.36. The van der Waals surface area contributed by atoms with E-state index in [1.165, 1.54) is 30.6 Å². The fourth-order valence-electron chi connectivity index (χ4n) is 2.96. The van der Waals surface area contributed by atoms with E-state index >= 15 is 0 Å². The molecule has 2 nitrogen and oxygen atoms in total. The lowest BCUT2D eigenvalue weighted by Gasteiger charge is -2.26. The van der Waals surface area contributed by atoms with E-state index < -0.39 is 0 Å². The van der Waals surface area contributed by atoms with Gasteiger partial charge in [0.1, 0.15) is 6.10 Å². The Bertz CT molecular complexity index is 330. The second-order valence-electron chi connectivity index (χ2n) is 5.15. The summed E-state index contributed by atoms with van der Waals surface area (Å²) in [5.74, 6) is 0. The number of thiophene rings is 1. The molecule has 1 saturated heterocycles. The summed E-state index contributed by atoms with van der Waals surface area (Å²) >= 11 is 1.80. The molecule has 1 spiro atoms. The zero-order valence-corrected chi connectivity index (χ0v) is 10.4. The van der Waals surface area contributed by atoms with Crippen LogP contribution in [0, 0.1) is 5.41 Å². The van der Waals surface area contributed by atoms with E-state index in [9.17, 15) is 0 Å². The Kier molecular flexibility index (Phi) is 3.01. The average Bonchev–Trinajstić information content (AvgIpc) is 2.90. The van der Waals surface area contributed by atoms with Gasteiger partial charge in [-0.2, -0.15) is 0 Å². The summed E-state index contributed by atoms with van der Waals surface area (Å²) in [5, 5.41) is 5.73. The lowest BCUT2D eigenvalue weighted by molar-refractivity contribution is 0.0175. The van der Waals surface area contributed by atoms with Crippen LogP contribution >= 0.6 is 11.3 Å². The SMILES string of the molecule is c1csc(C2CNCC3(CCCC3)CO2)c1. The summed E-state index contributed by atoms with van der Waals surface area (Å²) < 4.78 is 6.13. The molecular formula is C13H19NOS. The molecule has 16 heavy (non-hydrogen) atoms. The number of ether oxygens (including phenoxy) is 1. The molecule has 1 aromatic rings. The molecule has 0 amide bonds. The molecule has 0 radical (unpaired) electrons. The van der Waals surface area contributed by atoms with Crippen LogP contribution in [0.25, 0.3) is 0 Å². The van der Waals surface area contributed by atoms with Gasteiger partial charge < -0.3 is 10.1 Å². The Balaban J connectivity index is 1.69. The molecule has 1 atom stereocenters. The van der Waals surface area contributed by atoms with Gasteiger partial charge in [0.15, 0.2) is 0 Å². The molecule has 1 aliphatic carbocycles. The summed E-state index contributed by atoms with van der Waals surface area (Å²) in [6, 6.07) is 4.29. The van der Waals surface area contributed by atoms with Gasteiger partial charge in [0.05, 0.1) is 6.61 Å². The van der Waals surface area contributed by atoms with Crippen molar-refractivity contribution in [1.29, 1.82) is 0 Å². The van der Waals surface area contributed by atoms with Crippen LogP contribution < -0.4 is 5.32 Å². The molecule has 3 rings (SSSR count). The molecule has 1 aromatic heterocycles. The van der Waals surface area contributed by atoms with E-state index in [4.69, 9.17) is 4.74 Å². The first kappa shape index (κ1) is 10.8. The summed E-state index contributed by atoms with van der Waals surface area (Å²) in [6.07, 6.45) is 5.73. The van der Waals surface area contributed by atoms with Crippen LogP contribution in [0.15, 0.2) is 17.5 Å². The van der Waals surface area contributed by atoms with Crippen molar-refractivity contribution >= 4 is 11.3 Å². The maximum atomic E-state index is 6.13. The molecule has 2 fully saturated rings. The van der Waals surface area contributed by atoms with Gasteiger partial charge in [-0.15, -0.1) is 11.3 Å². The van der Waals surface area contributed by atoms with Gasteiger partial charge in [0, 0.05) is 23.4 Å². The molecule has 3 heteroatoms. The first-order valence-electron chi connectivity index (χ1n) is 6.24. The fourth-order valence-corrected chi connectivity index (χ4v) is 3.73. The average molecular weight is 237 g/mol. The molecule has 0 aromatic carbocycles. The smallest absolute Gasteiger partial charge is 0.104 e. The second kappa shape index (κ2) is 4.47. The maximum absolute atomic E-state index is 6.13. The molecule has 2 heterocycles. The number of hydrogen-bond donors (Lipinski definition) is 1. The predicted molar refractivity (Wildman–Crippen MR) is 66.8 cm³/mol. The highest BCUT2D eigenvalue weighted by Crippen LogP contribution is 2.40. The summed E-state index contributed by atoms with van der Waals surface area (Å²) in [6.45, 7) is 3.07. The Labute approximate surface area is 101 Å². The summed E-state index contributed by atoms with van der Waals surface area (Å²) in [7, 11) is 0. The lowest BCUT2D eigenvalue weighted by Crippen LogP contribution is -2.32. The molecule has 1 saturated carbocycles. The highest BCUT2D eigenvalue weighted by atomic mass is 32.1. The normalized spacial score (nSPS) is 29.4. The minimum atomic E-state index is 0.278. The second-order valence-corrected chi connectivity index (χ2v) is 6.13. The first-order chi connectivity index (χ1) is 7.88. The number of rotatable bonds is 1. The van der Waals surface area contributed by atoms with E-state index in [1.807, 2.05) is 0 Å². The lowest BCUT2D eigenvalue weighted by atomic mass is 9.87. The molecule has 1 unspecified atom stereocenters. The highest BCUT2D eigenvalue weighted by molar-refractivity contribution is 7.10. The first-order valence-corrected chi connectivity index (χ1v) is 7.12. The van der Waals surface area contributed by atoms with Crippen LogP contribution in [0.5, 0.6) is 0 Å². The van der Waals surface area contributed by atoms with Crippen molar-refractivity contribution in [3.8, 4) is 0 Å². The Hall–Kier alpha value is -0.380. The summed E-state index contributed by atoms with van der Waals surface area (Å²) in [5.41, 5.74) is 0.450. The van der Waals surface area contributed by atoms with Gasteiger partial charge in [0.25, 0.3) is 0 Å². The van der Waals surface area contributed by atoms with Crippen molar-refractivity contribution in [1.82, 2.24) is 5.32 Å². The van der Waals surface area contributed by atoms with Gasteiger partial charge in [-0.1, -0.05) is 18.9 Å². The van der Waals surface area contributed by atoms with E-state index in [0.717, 1.165) is 19.7 Å². The molecular weight excluding hydrogens is 218 g/mol. The van der Waals surface area contributed by atoms with Crippen molar-refractivity contribution in [3.63, 3.8) is 0 Å². The third-order valence-electron chi connectivity index (χ3n) is 3.95. The van der Waals surface area contributed by atoms with E-state index in [2.05, 4.69) is 22.8 Å².